The lowest BCUT2D eigenvalue weighted by Gasteiger charge is -2.16. The van der Waals surface area contributed by atoms with Crippen LogP contribution in [0.2, 0.25) is 0 Å². The number of likely N-dealkylation sites (N-methyl/N-ethyl adjacent to an activating group) is 1. The fraction of sp³-hybridized carbons (Fsp3) is 0.571. The van der Waals surface area contributed by atoms with Crippen LogP contribution in [0.15, 0.2) is 18.2 Å². The van der Waals surface area contributed by atoms with Crippen molar-refractivity contribution in [3.63, 3.8) is 0 Å². The Kier molecular flexibility index (Phi) is 5.93. The number of hydrogen-bond acceptors (Lipinski definition) is 2. The third kappa shape index (κ3) is 4.58. The largest absolute Gasteiger partial charge is 0.306 e. The lowest BCUT2D eigenvalue weighted by molar-refractivity contribution is 0.340. The maximum atomic E-state index is 4.23. The molecule has 0 aromatic heterocycles. The minimum absolute atomic E-state index is 0.980. The summed E-state index contributed by atoms with van der Waals surface area (Å²) in [5.41, 5.74) is 4.23. The van der Waals surface area contributed by atoms with E-state index in [-0.39, 0.29) is 0 Å². The lowest BCUT2D eigenvalue weighted by atomic mass is 10.0. The fourth-order valence-corrected chi connectivity index (χ4v) is 1.87. The first-order valence-electron chi connectivity index (χ1n) is 5.99. The summed E-state index contributed by atoms with van der Waals surface area (Å²) in [6.07, 6.45) is 2.32. The molecule has 0 N–H and O–H groups in total. The summed E-state index contributed by atoms with van der Waals surface area (Å²) in [5, 5.41) is 0. The first kappa shape index (κ1) is 13.6. The van der Waals surface area contributed by atoms with Gasteiger partial charge in [0.25, 0.3) is 0 Å². The van der Waals surface area contributed by atoms with E-state index in [0.717, 1.165) is 25.3 Å². The smallest absolute Gasteiger partial charge is 0.00188 e. The van der Waals surface area contributed by atoms with Gasteiger partial charge in [-0.3, -0.25) is 0 Å². The molecule has 0 amide bonds. The molecule has 90 valence electrons. The Hall–Kier alpha value is -0.470. The van der Waals surface area contributed by atoms with Crippen LogP contribution in [0.1, 0.15) is 23.1 Å². The molecule has 2 heteroatoms. The van der Waals surface area contributed by atoms with Crippen LogP contribution in [0, 0.1) is 13.8 Å². The van der Waals surface area contributed by atoms with E-state index in [9.17, 15) is 0 Å². The van der Waals surface area contributed by atoms with Gasteiger partial charge in [-0.2, -0.15) is 12.6 Å². The SMILES string of the molecule is Cc1ccc(CCN(C)CCCS)cc1C. The molecule has 1 rings (SSSR count). The third-order valence-electron chi connectivity index (χ3n) is 3.05. The summed E-state index contributed by atoms with van der Waals surface area (Å²) in [6.45, 7) is 6.63. The molecule has 0 aliphatic rings. The van der Waals surface area contributed by atoms with Gasteiger partial charge >= 0.3 is 0 Å². The molecule has 0 heterocycles. The third-order valence-corrected chi connectivity index (χ3v) is 3.37. The quantitative estimate of drug-likeness (QED) is 0.744. The second-order valence-corrected chi connectivity index (χ2v) is 5.00. The predicted octanol–water partition coefficient (Wildman–Crippen LogP) is 3.10. The number of hydrogen-bond donors (Lipinski definition) is 1. The first-order chi connectivity index (χ1) is 7.63. The Bertz CT molecular complexity index is 323. The van der Waals surface area contributed by atoms with Crippen LogP contribution in [-0.2, 0) is 6.42 Å². The van der Waals surface area contributed by atoms with Gasteiger partial charge in [0.2, 0.25) is 0 Å². The van der Waals surface area contributed by atoms with Crippen molar-refractivity contribution in [1.82, 2.24) is 4.90 Å². The van der Waals surface area contributed by atoms with Gasteiger partial charge in [0.15, 0.2) is 0 Å². The minimum atomic E-state index is 0.980. The zero-order valence-electron chi connectivity index (χ0n) is 10.7. The van der Waals surface area contributed by atoms with Crippen molar-refractivity contribution in [3.05, 3.63) is 34.9 Å². The second kappa shape index (κ2) is 6.97. The van der Waals surface area contributed by atoms with E-state index >= 15 is 0 Å². The highest BCUT2D eigenvalue weighted by Crippen LogP contribution is 2.10. The van der Waals surface area contributed by atoms with E-state index in [4.69, 9.17) is 0 Å². The van der Waals surface area contributed by atoms with E-state index in [0.29, 0.717) is 0 Å². The molecule has 1 aromatic carbocycles. The normalized spacial score (nSPS) is 11.1. The van der Waals surface area contributed by atoms with Crippen LogP contribution in [0.25, 0.3) is 0 Å². The molecule has 0 spiro atoms. The highest BCUT2D eigenvalue weighted by Gasteiger charge is 2.00. The first-order valence-corrected chi connectivity index (χ1v) is 6.62. The Morgan fingerprint density at radius 1 is 1.12 bits per heavy atom. The lowest BCUT2D eigenvalue weighted by Crippen LogP contribution is -2.22. The van der Waals surface area contributed by atoms with Crippen molar-refractivity contribution in [2.24, 2.45) is 0 Å². The van der Waals surface area contributed by atoms with Crippen LogP contribution >= 0.6 is 12.6 Å². The maximum absolute atomic E-state index is 4.23. The van der Waals surface area contributed by atoms with Gasteiger partial charge in [0.1, 0.15) is 0 Å². The van der Waals surface area contributed by atoms with Gasteiger partial charge in [-0.05, 0) is 62.7 Å². The van der Waals surface area contributed by atoms with Gasteiger partial charge in [-0.25, -0.2) is 0 Å². The Morgan fingerprint density at radius 3 is 2.50 bits per heavy atom. The predicted molar refractivity (Wildman–Crippen MR) is 75.6 cm³/mol. The highest BCUT2D eigenvalue weighted by molar-refractivity contribution is 7.80. The Labute approximate surface area is 105 Å². The maximum Gasteiger partial charge on any atom is 0.00188 e. The van der Waals surface area contributed by atoms with Crippen LogP contribution in [0.4, 0.5) is 0 Å². The summed E-state index contributed by atoms with van der Waals surface area (Å²) >= 11 is 4.23. The van der Waals surface area contributed by atoms with Gasteiger partial charge in [0, 0.05) is 6.54 Å². The monoisotopic (exact) mass is 237 g/mol. The summed E-state index contributed by atoms with van der Waals surface area (Å²) in [5.74, 6) is 0.980. The van der Waals surface area contributed by atoms with E-state index < -0.39 is 0 Å². The number of benzene rings is 1. The van der Waals surface area contributed by atoms with E-state index in [2.05, 4.69) is 56.6 Å². The van der Waals surface area contributed by atoms with Crippen molar-refractivity contribution in [2.75, 3.05) is 25.9 Å². The average Bonchev–Trinajstić information content (AvgIpc) is 2.28. The number of aryl methyl sites for hydroxylation is 2. The van der Waals surface area contributed by atoms with Crippen LogP contribution in [-0.4, -0.2) is 30.8 Å². The zero-order chi connectivity index (χ0) is 12.0. The number of nitrogens with zero attached hydrogens (tertiary/aromatic N) is 1. The molecule has 0 aliphatic heterocycles. The standard InChI is InChI=1S/C14H23NS/c1-12-5-6-14(11-13(12)2)7-9-15(3)8-4-10-16/h5-6,11,16H,4,7-10H2,1-3H3. The van der Waals surface area contributed by atoms with Gasteiger partial charge in [-0.1, -0.05) is 18.2 Å². The van der Waals surface area contributed by atoms with E-state index in [1.807, 2.05) is 0 Å². The molecule has 1 nitrogen and oxygen atoms in total. The molecule has 0 bridgehead atoms. The average molecular weight is 237 g/mol. The van der Waals surface area contributed by atoms with Gasteiger partial charge < -0.3 is 4.90 Å². The minimum Gasteiger partial charge on any atom is -0.306 e. The fourth-order valence-electron chi connectivity index (χ4n) is 1.73. The summed E-state index contributed by atoms with van der Waals surface area (Å²) in [6, 6.07) is 6.77. The molecular formula is C14H23NS. The molecule has 0 aliphatic carbocycles. The highest BCUT2D eigenvalue weighted by atomic mass is 32.1. The van der Waals surface area contributed by atoms with Crippen LogP contribution < -0.4 is 0 Å². The molecule has 0 saturated carbocycles. The van der Waals surface area contributed by atoms with Crippen molar-refractivity contribution in [2.45, 2.75) is 26.7 Å². The number of thiol groups is 1. The zero-order valence-corrected chi connectivity index (χ0v) is 11.6. The van der Waals surface area contributed by atoms with Crippen molar-refractivity contribution in [3.8, 4) is 0 Å². The van der Waals surface area contributed by atoms with E-state index in [1.54, 1.807) is 0 Å². The molecule has 0 atom stereocenters. The Balaban J connectivity index is 2.39. The molecule has 0 radical (unpaired) electrons. The summed E-state index contributed by atoms with van der Waals surface area (Å²) < 4.78 is 0. The van der Waals surface area contributed by atoms with Crippen LogP contribution in [0.5, 0.6) is 0 Å². The van der Waals surface area contributed by atoms with Crippen molar-refractivity contribution in [1.29, 1.82) is 0 Å². The second-order valence-electron chi connectivity index (χ2n) is 4.55. The molecule has 1 aromatic rings. The van der Waals surface area contributed by atoms with Gasteiger partial charge in [0.05, 0.1) is 0 Å². The summed E-state index contributed by atoms with van der Waals surface area (Å²) in [7, 11) is 2.19. The molecule has 16 heavy (non-hydrogen) atoms. The Morgan fingerprint density at radius 2 is 1.88 bits per heavy atom. The summed E-state index contributed by atoms with van der Waals surface area (Å²) in [4.78, 5) is 2.38. The molecule has 0 saturated heterocycles. The molecule has 0 unspecified atom stereocenters. The molecule has 0 fully saturated rings. The number of rotatable bonds is 6. The van der Waals surface area contributed by atoms with Crippen LogP contribution in [0.3, 0.4) is 0 Å². The molecular weight excluding hydrogens is 214 g/mol. The topological polar surface area (TPSA) is 3.24 Å². The van der Waals surface area contributed by atoms with Gasteiger partial charge in [-0.15, -0.1) is 0 Å². The van der Waals surface area contributed by atoms with Crippen molar-refractivity contribution < 1.29 is 0 Å². The van der Waals surface area contributed by atoms with E-state index in [1.165, 1.54) is 23.1 Å². The van der Waals surface area contributed by atoms with Crippen molar-refractivity contribution >= 4 is 12.6 Å².